The van der Waals surface area contributed by atoms with Crippen molar-refractivity contribution in [3.05, 3.63) is 115 Å². The second-order valence-electron chi connectivity index (χ2n) is 8.62. The van der Waals surface area contributed by atoms with E-state index in [2.05, 4.69) is 51.3 Å². The zero-order valence-electron chi connectivity index (χ0n) is 19.2. The first-order valence-corrected chi connectivity index (χ1v) is 11.6. The molecule has 0 radical (unpaired) electrons. The maximum absolute atomic E-state index is 12.6. The van der Waals surface area contributed by atoms with Crippen molar-refractivity contribution < 1.29 is 9.59 Å². The van der Waals surface area contributed by atoms with Gasteiger partial charge in [-0.25, -0.2) is 4.79 Å². The Labute approximate surface area is 207 Å². The van der Waals surface area contributed by atoms with Crippen LogP contribution in [0.25, 0.3) is 33.5 Å². The molecule has 0 bridgehead atoms. The van der Waals surface area contributed by atoms with E-state index in [1.165, 1.54) is 10.8 Å². The number of benzene rings is 4. The number of rotatable bonds is 4. The van der Waals surface area contributed by atoms with Gasteiger partial charge in [-0.1, -0.05) is 54.6 Å². The Balaban J connectivity index is 1.13. The van der Waals surface area contributed by atoms with Crippen molar-refractivity contribution in [2.24, 2.45) is 0 Å². The highest BCUT2D eigenvalue weighted by Crippen LogP contribution is 2.35. The van der Waals surface area contributed by atoms with Gasteiger partial charge in [0.15, 0.2) is 0 Å². The third-order valence-corrected chi connectivity index (χ3v) is 6.21. The molecular weight excluding hydrogens is 448 g/mol. The number of carbonyl (C=O) groups excluding carboxylic acids is 2. The summed E-state index contributed by atoms with van der Waals surface area (Å²) in [6.07, 6.45) is 3.62. The summed E-state index contributed by atoms with van der Waals surface area (Å²) in [6, 6.07) is 31.2. The summed E-state index contributed by atoms with van der Waals surface area (Å²) in [4.78, 5) is 28.1. The number of hydrogen-bond acceptors (Lipinski definition) is 2. The largest absolute Gasteiger partial charge is 0.362 e. The Hall–Kier alpha value is -5.10. The van der Waals surface area contributed by atoms with E-state index in [1.54, 1.807) is 12.1 Å². The fourth-order valence-electron chi connectivity index (χ4n) is 4.41. The number of nitrogens with one attached hydrogen (secondary N) is 4. The van der Waals surface area contributed by atoms with Gasteiger partial charge in [-0.3, -0.25) is 4.79 Å². The van der Waals surface area contributed by atoms with Crippen LogP contribution in [0, 0.1) is 0 Å². The number of amides is 3. The van der Waals surface area contributed by atoms with Crippen LogP contribution in [0.1, 0.15) is 11.3 Å². The number of urea groups is 1. The zero-order valence-corrected chi connectivity index (χ0v) is 19.2. The molecule has 174 valence electrons. The molecule has 36 heavy (non-hydrogen) atoms. The van der Waals surface area contributed by atoms with Gasteiger partial charge in [-0.05, 0) is 70.4 Å². The normalized spacial score (nSPS) is 13.4. The molecule has 4 aromatic carbocycles. The van der Waals surface area contributed by atoms with Gasteiger partial charge in [-0.15, -0.1) is 0 Å². The van der Waals surface area contributed by atoms with E-state index < -0.39 is 0 Å². The van der Waals surface area contributed by atoms with Crippen LogP contribution in [0.3, 0.4) is 0 Å². The zero-order chi connectivity index (χ0) is 24.5. The number of aromatic amines is 1. The molecule has 1 aliphatic heterocycles. The van der Waals surface area contributed by atoms with E-state index >= 15 is 0 Å². The van der Waals surface area contributed by atoms with Crippen molar-refractivity contribution in [2.45, 2.75) is 0 Å². The molecule has 0 unspecified atom stereocenters. The summed E-state index contributed by atoms with van der Waals surface area (Å²) in [6.45, 7) is 0. The molecule has 5 aromatic rings. The minimum atomic E-state index is -0.361. The Kier molecular flexibility index (Phi) is 5.31. The van der Waals surface area contributed by atoms with Crippen LogP contribution >= 0.6 is 0 Å². The molecule has 0 fully saturated rings. The smallest absolute Gasteiger partial charge is 0.323 e. The van der Waals surface area contributed by atoms with Crippen LogP contribution in [0.15, 0.2) is 103 Å². The van der Waals surface area contributed by atoms with Crippen molar-refractivity contribution >= 4 is 51.4 Å². The number of H-pyrrole nitrogens is 1. The van der Waals surface area contributed by atoms with Gasteiger partial charge < -0.3 is 20.9 Å². The Morgan fingerprint density at radius 1 is 0.722 bits per heavy atom. The van der Waals surface area contributed by atoms with Crippen molar-refractivity contribution in [1.29, 1.82) is 0 Å². The van der Waals surface area contributed by atoms with Crippen molar-refractivity contribution in [3.63, 3.8) is 0 Å². The van der Waals surface area contributed by atoms with Crippen LogP contribution < -0.4 is 16.0 Å². The first kappa shape index (κ1) is 21.4. The monoisotopic (exact) mass is 470 g/mol. The van der Waals surface area contributed by atoms with Gasteiger partial charge in [-0.2, -0.15) is 0 Å². The summed E-state index contributed by atoms with van der Waals surface area (Å²) in [7, 11) is 0. The highest BCUT2D eigenvalue weighted by atomic mass is 16.2. The third kappa shape index (κ3) is 4.23. The molecule has 0 saturated carbocycles. The van der Waals surface area contributed by atoms with Gasteiger partial charge in [0.05, 0.1) is 11.3 Å². The molecule has 0 atom stereocenters. The Morgan fingerprint density at radius 3 is 2.28 bits per heavy atom. The molecule has 2 heterocycles. The number of aromatic nitrogens is 1. The topological polar surface area (TPSA) is 86.0 Å². The number of carbonyl (C=O) groups is 2. The minimum Gasteiger partial charge on any atom is -0.362 e. The number of hydrogen-bond donors (Lipinski definition) is 4. The molecule has 3 amide bonds. The second kappa shape index (κ2) is 8.92. The first-order chi connectivity index (χ1) is 17.6. The summed E-state index contributed by atoms with van der Waals surface area (Å²) < 4.78 is 0. The molecule has 6 nitrogen and oxygen atoms in total. The Morgan fingerprint density at radius 2 is 1.47 bits per heavy atom. The summed E-state index contributed by atoms with van der Waals surface area (Å²) in [5.74, 6) is -0.173. The lowest BCUT2D eigenvalue weighted by molar-refractivity contribution is -0.110. The van der Waals surface area contributed by atoms with Gasteiger partial charge in [0.2, 0.25) is 0 Å². The lowest BCUT2D eigenvalue weighted by Gasteiger charge is -2.10. The fourth-order valence-corrected chi connectivity index (χ4v) is 4.41. The Bertz CT molecular complexity index is 1630. The van der Waals surface area contributed by atoms with Gasteiger partial charge in [0.25, 0.3) is 5.91 Å². The fraction of sp³-hybridized carbons (Fsp3) is 0. The molecule has 0 aliphatic carbocycles. The number of fused-ring (bicyclic) bond motifs is 2. The molecule has 1 aromatic heterocycles. The molecule has 0 spiro atoms. The quantitative estimate of drug-likeness (QED) is 0.214. The van der Waals surface area contributed by atoms with Crippen LogP contribution in [0.5, 0.6) is 0 Å². The second-order valence-corrected chi connectivity index (χ2v) is 8.62. The summed E-state index contributed by atoms with van der Waals surface area (Å²) in [5.41, 5.74) is 6.35. The van der Waals surface area contributed by atoms with E-state index in [0.29, 0.717) is 22.6 Å². The van der Waals surface area contributed by atoms with Crippen molar-refractivity contribution in [2.75, 3.05) is 16.0 Å². The lowest BCUT2D eigenvalue weighted by atomic mass is 10.0. The van der Waals surface area contributed by atoms with Gasteiger partial charge >= 0.3 is 6.03 Å². The van der Waals surface area contributed by atoms with E-state index in [-0.39, 0.29) is 11.9 Å². The van der Waals surface area contributed by atoms with Crippen molar-refractivity contribution in [3.8, 4) is 11.1 Å². The highest BCUT2D eigenvalue weighted by molar-refractivity contribution is 6.35. The first-order valence-electron chi connectivity index (χ1n) is 11.6. The predicted octanol–water partition coefficient (Wildman–Crippen LogP) is 6.97. The van der Waals surface area contributed by atoms with Crippen LogP contribution in [0.4, 0.5) is 21.9 Å². The minimum absolute atomic E-state index is 0.173. The number of anilines is 3. The SMILES string of the molecule is O=C(Nc1ccc(-c2ccc3ccccc3c2)cc1)Nc1ccc2c(c1)NC(=O)/C2=C\c1ccc[nH]1. The predicted molar refractivity (Wildman–Crippen MR) is 146 cm³/mol. The van der Waals surface area contributed by atoms with Crippen molar-refractivity contribution in [1.82, 2.24) is 4.98 Å². The average molecular weight is 471 g/mol. The van der Waals surface area contributed by atoms with E-state index in [9.17, 15) is 9.59 Å². The maximum atomic E-state index is 12.6. The maximum Gasteiger partial charge on any atom is 0.323 e. The van der Waals surface area contributed by atoms with E-state index in [1.807, 2.05) is 66.9 Å². The summed E-state index contributed by atoms with van der Waals surface area (Å²) in [5, 5.41) is 11.0. The molecule has 1 aliphatic rings. The molecule has 6 rings (SSSR count). The lowest BCUT2D eigenvalue weighted by Crippen LogP contribution is -2.19. The van der Waals surface area contributed by atoms with Gasteiger partial charge in [0.1, 0.15) is 0 Å². The van der Waals surface area contributed by atoms with Gasteiger partial charge in [0, 0.05) is 28.8 Å². The molecular formula is C30H22N4O2. The standard InChI is InChI=1S/C30H22N4O2/c35-29-27(17-24-6-3-15-31-24)26-14-13-25(18-28(26)34-29)33-30(36)32-23-11-9-20(10-12-23)22-8-7-19-4-1-2-5-21(19)16-22/h1-18,31H,(H,34,35)(H2,32,33,36)/b27-17-. The average Bonchev–Trinajstić information content (AvgIpc) is 3.52. The molecule has 6 heteroatoms. The highest BCUT2D eigenvalue weighted by Gasteiger charge is 2.24. The van der Waals surface area contributed by atoms with Crippen LogP contribution in [-0.4, -0.2) is 16.9 Å². The van der Waals surface area contributed by atoms with E-state index in [4.69, 9.17) is 0 Å². The van der Waals surface area contributed by atoms with Crippen LogP contribution in [-0.2, 0) is 4.79 Å². The molecule has 0 saturated heterocycles. The van der Waals surface area contributed by atoms with E-state index in [0.717, 1.165) is 22.4 Å². The van der Waals surface area contributed by atoms with Crippen LogP contribution in [0.2, 0.25) is 0 Å². The summed E-state index contributed by atoms with van der Waals surface area (Å²) >= 11 is 0. The third-order valence-electron chi connectivity index (χ3n) is 6.21. The molecule has 4 N–H and O–H groups in total.